The lowest BCUT2D eigenvalue weighted by Gasteiger charge is -2.28. The van der Waals surface area contributed by atoms with Gasteiger partial charge in [0.1, 0.15) is 23.2 Å². The van der Waals surface area contributed by atoms with Crippen LogP contribution >= 0.6 is 0 Å². The van der Waals surface area contributed by atoms with E-state index in [1.165, 1.54) is 6.07 Å². The van der Waals surface area contributed by atoms with E-state index in [2.05, 4.69) is 6.92 Å². The standard InChI is InChI=1S/C24H24O5/c1-4-5-6-16-12-21(26)28-20-11-14(2)22-18(25)13-19(29-24(22)23(16)20)15-7-9-17(27-3)10-8-15/h7-12,19H,4-6,13H2,1-3H3. The predicted molar refractivity (Wildman–Crippen MR) is 111 cm³/mol. The molecule has 0 saturated carbocycles. The molecule has 1 unspecified atom stereocenters. The fourth-order valence-corrected chi connectivity index (χ4v) is 3.98. The monoisotopic (exact) mass is 392 g/mol. The summed E-state index contributed by atoms with van der Waals surface area (Å²) in [6, 6.07) is 10.9. The van der Waals surface area contributed by atoms with Gasteiger partial charge in [0.15, 0.2) is 5.78 Å². The van der Waals surface area contributed by atoms with Gasteiger partial charge in [0.2, 0.25) is 0 Å². The Kier molecular flexibility index (Phi) is 5.14. The van der Waals surface area contributed by atoms with Crippen LogP contribution in [0.5, 0.6) is 11.5 Å². The maximum Gasteiger partial charge on any atom is 0.336 e. The molecule has 1 atom stereocenters. The lowest BCUT2D eigenvalue weighted by molar-refractivity contribution is 0.0852. The fourth-order valence-electron chi connectivity index (χ4n) is 3.98. The van der Waals surface area contributed by atoms with Gasteiger partial charge < -0.3 is 13.9 Å². The van der Waals surface area contributed by atoms with Crippen LogP contribution in [0.4, 0.5) is 0 Å². The molecular weight excluding hydrogens is 368 g/mol. The van der Waals surface area contributed by atoms with Gasteiger partial charge in [-0.1, -0.05) is 25.5 Å². The normalized spacial score (nSPS) is 15.8. The highest BCUT2D eigenvalue weighted by molar-refractivity contribution is 6.07. The number of Topliss-reactive ketones (excluding diaryl/α,β-unsaturated/α-hetero) is 1. The van der Waals surface area contributed by atoms with Crippen LogP contribution in [0.2, 0.25) is 0 Å². The molecule has 0 aliphatic carbocycles. The molecule has 1 aliphatic rings. The lowest BCUT2D eigenvalue weighted by atomic mass is 9.90. The summed E-state index contributed by atoms with van der Waals surface area (Å²) in [5, 5.41) is 0.741. The van der Waals surface area contributed by atoms with Crippen molar-refractivity contribution in [2.45, 2.75) is 45.6 Å². The summed E-state index contributed by atoms with van der Waals surface area (Å²) in [6.07, 6.45) is 2.56. The first-order valence-corrected chi connectivity index (χ1v) is 9.96. The number of hydrogen-bond acceptors (Lipinski definition) is 5. The first kappa shape index (κ1) is 19.2. The van der Waals surface area contributed by atoms with Crippen molar-refractivity contribution < 1.29 is 18.7 Å². The molecule has 1 aliphatic heterocycles. The molecule has 0 saturated heterocycles. The molecule has 5 heteroatoms. The van der Waals surface area contributed by atoms with E-state index in [0.717, 1.165) is 47.1 Å². The molecule has 150 valence electrons. The summed E-state index contributed by atoms with van der Waals surface area (Å²) in [7, 11) is 1.62. The van der Waals surface area contributed by atoms with Crippen LogP contribution in [-0.4, -0.2) is 12.9 Å². The van der Waals surface area contributed by atoms with Gasteiger partial charge >= 0.3 is 5.63 Å². The van der Waals surface area contributed by atoms with Crippen molar-refractivity contribution in [2.75, 3.05) is 7.11 Å². The third-order valence-electron chi connectivity index (χ3n) is 5.46. The SMILES string of the molecule is CCCCc1cc(=O)oc2cc(C)c3c(c12)OC(c1ccc(OC)cc1)CC3=O. The maximum absolute atomic E-state index is 13.1. The van der Waals surface area contributed by atoms with Crippen molar-refractivity contribution in [2.24, 2.45) is 0 Å². The molecule has 0 N–H and O–H groups in total. The fraction of sp³-hybridized carbons (Fsp3) is 0.333. The molecule has 3 aromatic rings. The quantitative estimate of drug-likeness (QED) is 0.561. The van der Waals surface area contributed by atoms with Crippen LogP contribution in [0.15, 0.2) is 45.6 Å². The van der Waals surface area contributed by atoms with Crippen molar-refractivity contribution in [3.63, 3.8) is 0 Å². The van der Waals surface area contributed by atoms with E-state index < -0.39 is 6.10 Å². The summed E-state index contributed by atoms with van der Waals surface area (Å²) in [5.41, 5.74) is 3.24. The minimum atomic E-state index is -0.392. The molecule has 2 aromatic carbocycles. The second-order valence-electron chi connectivity index (χ2n) is 7.47. The molecule has 0 spiro atoms. The van der Waals surface area contributed by atoms with Gasteiger partial charge in [-0.15, -0.1) is 0 Å². The zero-order valence-corrected chi connectivity index (χ0v) is 16.9. The van der Waals surface area contributed by atoms with Gasteiger partial charge in [0.05, 0.1) is 24.5 Å². The van der Waals surface area contributed by atoms with Crippen LogP contribution in [0.25, 0.3) is 11.0 Å². The van der Waals surface area contributed by atoms with Crippen LogP contribution in [0, 0.1) is 6.92 Å². The number of rotatable bonds is 5. The molecule has 2 heterocycles. The minimum Gasteiger partial charge on any atom is -0.497 e. The van der Waals surface area contributed by atoms with Gasteiger partial charge in [-0.2, -0.15) is 0 Å². The Balaban J connectivity index is 1.87. The Labute approximate surface area is 169 Å². The number of hydrogen-bond donors (Lipinski definition) is 0. The number of carbonyl (C=O) groups is 1. The average Bonchev–Trinajstić information content (AvgIpc) is 2.71. The molecule has 0 bridgehead atoms. The number of ketones is 1. The third kappa shape index (κ3) is 3.53. The zero-order valence-electron chi connectivity index (χ0n) is 16.9. The van der Waals surface area contributed by atoms with Gasteiger partial charge in [-0.05, 0) is 54.7 Å². The van der Waals surface area contributed by atoms with Crippen molar-refractivity contribution in [1.29, 1.82) is 0 Å². The first-order valence-electron chi connectivity index (χ1n) is 9.96. The largest absolute Gasteiger partial charge is 0.497 e. The highest BCUT2D eigenvalue weighted by Gasteiger charge is 2.32. The van der Waals surface area contributed by atoms with Crippen molar-refractivity contribution in [1.82, 2.24) is 0 Å². The molecule has 0 radical (unpaired) electrons. The number of aryl methyl sites for hydroxylation is 2. The molecule has 29 heavy (non-hydrogen) atoms. The Hall–Kier alpha value is -3.08. The highest BCUT2D eigenvalue weighted by Crippen LogP contribution is 2.43. The number of unbranched alkanes of at least 4 members (excludes halogenated alkanes) is 1. The van der Waals surface area contributed by atoms with Crippen LogP contribution < -0.4 is 15.1 Å². The van der Waals surface area contributed by atoms with Crippen molar-refractivity contribution in [3.05, 3.63) is 69.1 Å². The number of ether oxygens (including phenoxy) is 2. The van der Waals surface area contributed by atoms with Crippen LogP contribution in [0.1, 0.15) is 59.3 Å². The first-order chi connectivity index (χ1) is 14.0. The summed E-state index contributed by atoms with van der Waals surface area (Å²) in [5.74, 6) is 1.33. The van der Waals surface area contributed by atoms with E-state index >= 15 is 0 Å². The molecule has 4 rings (SSSR count). The van der Waals surface area contributed by atoms with Crippen LogP contribution in [0.3, 0.4) is 0 Å². The topological polar surface area (TPSA) is 65.7 Å². The van der Waals surface area contributed by atoms with Crippen molar-refractivity contribution >= 4 is 16.8 Å². The molecule has 0 amide bonds. The third-order valence-corrected chi connectivity index (χ3v) is 5.46. The van der Waals surface area contributed by atoms with Gasteiger partial charge in [0, 0.05) is 6.07 Å². The van der Waals surface area contributed by atoms with Gasteiger partial charge in [0.25, 0.3) is 0 Å². The van der Waals surface area contributed by atoms with E-state index in [1.54, 1.807) is 13.2 Å². The highest BCUT2D eigenvalue weighted by atomic mass is 16.5. The number of fused-ring (bicyclic) bond motifs is 3. The van der Waals surface area contributed by atoms with Gasteiger partial charge in [-0.25, -0.2) is 4.79 Å². The minimum absolute atomic E-state index is 0.0408. The number of methoxy groups -OCH3 is 1. The molecule has 1 aromatic heterocycles. The van der Waals surface area contributed by atoms with E-state index in [4.69, 9.17) is 13.9 Å². The van der Waals surface area contributed by atoms with E-state index in [9.17, 15) is 9.59 Å². The van der Waals surface area contributed by atoms with Crippen molar-refractivity contribution in [3.8, 4) is 11.5 Å². The number of carbonyl (C=O) groups excluding carboxylic acids is 1. The summed E-state index contributed by atoms with van der Waals surface area (Å²) >= 11 is 0. The van der Waals surface area contributed by atoms with E-state index in [-0.39, 0.29) is 17.8 Å². The van der Waals surface area contributed by atoms with E-state index in [0.29, 0.717) is 16.9 Å². The average molecular weight is 392 g/mol. The Morgan fingerprint density at radius 3 is 2.59 bits per heavy atom. The molecule has 5 nitrogen and oxygen atoms in total. The summed E-state index contributed by atoms with van der Waals surface area (Å²) < 4.78 is 17.1. The van der Waals surface area contributed by atoms with Gasteiger partial charge in [-0.3, -0.25) is 4.79 Å². The van der Waals surface area contributed by atoms with E-state index in [1.807, 2.05) is 31.2 Å². The second kappa shape index (κ2) is 7.74. The van der Waals surface area contributed by atoms with Crippen LogP contribution in [-0.2, 0) is 6.42 Å². The maximum atomic E-state index is 13.1. The summed E-state index contributed by atoms with van der Waals surface area (Å²) in [4.78, 5) is 25.1. The zero-order chi connectivity index (χ0) is 20.5. The smallest absolute Gasteiger partial charge is 0.336 e. The Morgan fingerprint density at radius 1 is 1.14 bits per heavy atom. The molecule has 0 fully saturated rings. The number of benzene rings is 2. The second-order valence-corrected chi connectivity index (χ2v) is 7.47. The lowest BCUT2D eigenvalue weighted by Crippen LogP contribution is -2.22. The summed E-state index contributed by atoms with van der Waals surface area (Å²) in [6.45, 7) is 3.96. The Bertz CT molecular complexity index is 1120. The predicted octanol–water partition coefficient (Wildman–Crippen LogP) is 5.16. The molecular formula is C24H24O5. The Morgan fingerprint density at radius 2 is 1.90 bits per heavy atom.